The third-order valence-electron chi connectivity index (χ3n) is 4.39. The van der Waals surface area contributed by atoms with Gasteiger partial charge in [-0.2, -0.15) is 5.26 Å². The van der Waals surface area contributed by atoms with Crippen LogP contribution in [-0.2, 0) is 6.42 Å². The van der Waals surface area contributed by atoms with Gasteiger partial charge in [0.15, 0.2) is 4.96 Å². The molecule has 0 N–H and O–H groups in total. The SMILES string of the molecule is Cc1nc2scc(C)n2c1CC(C)(C#N)N1CCCC1. The molecule has 5 heteroatoms. The molecule has 1 saturated heterocycles. The molecule has 0 amide bonds. The van der Waals surface area contributed by atoms with E-state index in [1.165, 1.54) is 24.2 Å². The van der Waals surface area contributed by atoms with Crippen molar-refractivity contribution in [2.24, 2.45) is 0 Å². The lowest BCUT2D eigenvalue weighted by atomic mass is 9.94. The zero-order chi connectivity index (χ0) is 14.3. The summed E-state index contributed by atoms with van der Waals surface area (Å²) >= 11 is 1.67. The summed E-state index contributed by atoms with van der Waals surface area (Å²) in [4.78, 5) is 8.00. The van der Waals surface area contributed by atoms with E-state index in [0.29, 0.717) is 0 Å². The van der Waals surface area contributed by atoms with E-state index < -0.39 is 5.54 Å². The van der Waals surface area contributed by atoms with Crippen LogP contribution in [0.2, 0.25) is 0 Å². The average Bonchev–Trinajstić information content (AvgIpc) is 3.12. The lowest BCUT2D eigenvalue weighted by molar-refractivity contribution is 0.189. The fourth-order valence-electron chi connectivity index (χ4n) is 3.13. The van der Waals surface area contributed by atoms with E-state index in [4.69, 9.17) is 0 Å². The highest BCUT2D eigenvalue weighted by Crippen LogP contribution is 2.28. The van der Waals surface area contributed by atoms with Gasteiger partial charge in [-0.3, -0.25) is 9.30 Å². The summed E-state index contributed by atoms with van der Waals surface area (Å²) in [5, 5.41) is 11.8. The van der Waals surface area contributed by atoms with Gasteiger partial charge in [0.05, 0.1) is 11.8 Å². The zero-order valence-corrected chi connectivity index (χ0v) is 13.1. The average molecular weight is 288 g/mol. The predicted octanol–water partition coefficient (Wildman–Crippen LogP) is 2.93. The second kappa shape index (κ2) is 4.87. The molecule has 1 aliphatic rings. The van der Waals surface area contributed by atoms with Crippen LogP contribution in [0.3, 0.4) is 0 Å². The topological polar surface area (TPSA) is 44.3 Å². The molecule has 0 saturated carbocycles. The molecule has 0 bridgehead atoms. The highest BCUT2D eigenvalue weighted by atomic mass is 32.1. The quantitative estimate of drug-likeness (QED) is 0.872. The molecule has 0 radical (unpaired) electrons. The maximum Gasteiger partial charge on any atom is 0.194 e. The number of nitrogens with zero attached hydrogens (tertiary/aromatic N) is 4. The van der Waals surface area contributed by atoms with E-state index in [1.54, 1.807) is 11.3 Å². The Morgan fingerprint density at radius 1 is 1.40 bits per heavy atom. The Hall–Kier alpha value is -1.38. The number of rotatable bonds is 3. The van der Waals surface area contributed by atoms with Crippen LogP contribution >= 0.6 is 11.3 Å². The van der Waals surface area contributed by atoms with Gasteiger partial charge in [0.25, 0.3) is 0 Å². The summed E-state index contributed by atoms with van der Waals surface area (Å²) in [5.41, 5.74) is 3.03. The van der Waals surface area contributed by atoms with Gasteiger partial charge in [-0.1, -0.05) is 0 Å². The molecular weight excluding hydrogens is 268 g/mol. The molecule has 1 aliphatic heterocycles. The minimum Gasteiger partial charge on any atom is -0.292 e. The Labute approximate surface area is 123 Å². The molecule has 3 rings (SSSR count). The first-order valence-corrected chi connectivity index (χ1v) is 8.01. The molecule has 20 heavy (non-hydrogen) atoms. The van der Waals surface area contributed by atoms with E-state index in [0.717, 1.165) is 30.2 Å². The normalized spacial score (nSPS) is 19.3. The van der Waals surface area contributed by atoms with Crippen molar-refractivity contribution in [2.45, 2.75) is 45.6 Å². The molecule has 4 nitrogen and oxygen atoms in total. The summed E-state index contributed by atoms with van der Waals surface area (Å²) < 4.78 is 2.21. The highest BCUT2D eigenvalue weighted by Gasteiger charge is 2.35. The summed E-state index contributed by atoms with van der Waals surface area (Å²) in [5.74, 6) is 0. The van der Waals surface area contributed by atoms with E-state index in [2.05, 4.69) is 46.5 Å². The van der Waals surface area contributed by atoms with E-state index in [9.17, 15) is 5.26 Å². The van der Waals surface area contributed by atoms with Crippen LogP contribution in [0.4, 0.5) is 0 Å². The first-order valence-electron chi connectivity index (χ1n) is 7.13. The minimum atomic E-state index is -0.425. The number of hydrogen-bond acceptors (Lipinski definition) is 4. The predicted molar refractivity (Wildman–Crippen MR) is 81.1 cm³/mol. The van der Waals surface area contributed by atoms with Crippen LogP contribution in [0.15, 0.2) is 5.38 Å². The number of fused-ring (bicyclic) bond motifs is 1. The second-order valence-corrected chi connectivity index (χ2v) is 6.73. The number of aromatic nitrogens is 2. The van der Waals surface area contributed by atoms with Gasteiger partial charge in [-0.05, 0) is 46.7 Å². The fourth-order valence-corrected chi connectivity index (χ4v) is 4.07. The van der Waals surface area contributed by atoms with Crippen molar-refractivity contribution in [1.29, 1.82) is 5.26 Å². The Morgan fingerprint density at radius 2 is 2.10 bits per heavy atom. The smallest absolute Gasteiger partial charge is 0.194 e. The Kier molecular flexibility index (Phi) is 3.31. The van der Waals surface area contributed by atoms with E-state index >= 15 is 0 Å². The summed E-state index contributed by atoms with van der Waals surface area (Å²) in [6, 6.07) is 2.55. The number of aryl methyl sites for hydroxylation is 2. The third-order valence-corrected chi connectivity index (χ3v) is 5.33. The fraction of sp³-hybridized carbons (Fsp3) is 0.600. The van der Waals surface area contributed by atoms with Crippen molar-refractivity contribution in [3.63, 3.8) is 0 Å². The molecule has 0 aliphatic carbocycles. The molecule has 2 aromatic rings. The maximum atomic E-state index is 9.71. The van der Waals surface area contributed by atoms with Crippen LogP contribution in [0.1, 0.15) is 36.8 Å². The lowest BCUT2D eigenvalue weighted by Crippen LogP contribution is -2.45. The van der Waals surface area contributed by atoms with Crippen molar-refractivity contribution < 1.29 is 0 Å². The van der Waals surface area contributed by atoms with Crippen molar-refractivity contribution in [1.82, 2.24) is 14.3 Å². The lowest BCUT2D eigenvalue weighted by Gasteiger charge is -2.32. The Balaban J connectivity index is 2.01. The summed E-state index contributed by atoms with van der Waals surface area (Å²) in [6.45, 7) is 8.30. The van der Waals surface area contributed by atoms with Gasteiger partial charge in [-0.15, -0.1) is 11.3 Å². The second-order valence-electron chi connectivity index (χ2n) is 5.90. The monoisotopic (exact) mass is 288 g/mol. The Morgan fingerprint density at radius 3 is 2.75 bits per heavy atom. The molecule has 1 unspecified atom stereocenters. The van der Waals surface area contributed by atoms with Gasteiger partial charge < -0.3 is 0 Å². The molecule has 3 heterocycles. The Bertz CT molecular complexity index is 672. The van der Waals surface area contributed by atoms with Gasteiger partial charge in [0.1, 0.15) is 5.54 Å². The third kappa shape index (κ3) is 2.04. The van der Waals surface area contributed by atoms with Crippen LogP contribution in [0.5, 0.6) is 0 Å². The van der Waals surface area contributed by atoms with Crippen LogP contribution in [-0.4, -0.2) is 32.9 Å². The van der Waals surface area contributed by atoms with E-state index in [1.807, 2.05) is 0 Å². The standard InChI is InChI=1S/C15H20N4S/c1-11-9-20-14-17-12(2)13(19(11)14)8-15(3,10-16)18-6-4-5-7-18/h9H,4-8H2,1-3H3. The van der Waals surface area contributed by atoms with Crippen LogP contribution in [0, 0.1) is 25.2 Å². The molecule has 1 fully saturated rings. The maximum absolute atomic E-state index is 9.71. The van der Waals surface area contributed by atoms with Gasteiger partial charge in [-0.25, -0.2) is 4.98 Å². The van der Waals surface area contributed by atoms with Crippen molar-refractivity contribution in [3.8, 4) is 6.07 Å². The van der Waals surface area contributed by atoms with Crippen LogP contribution < -0.4 is 0 Å². The molecular formula is C15H20N4S. The molecule has 106 valence electrons. The van der Waals surface area contributed by atoms with E-state index in [-0.39, 0.29) is 0 Å². The first kappa shape index (κ1) is 13.6. The first-order chi connectivity index (χ1) is 9.55. The molecule has 2 aromatic heterocycles. The minimum absolute atomic E-state index is 0.425. The van der Waals surface area contributed by atoms with Gasteiger partial charge >= 0.3 is 0 Å². The number of imidazole rings is 1. The summed E-state index contributed by atoms with van der Waals surface area (Å²) in [7, 11) is 0. The highest BCUT2D eigenvalue weighted by molar-refractivity contribution is 7.15. The summed E-state index contributed by atoms with van der Waals surface area (Å²) in [6.07, 6.45) is 3.15. The zero-order valence-electron chi connectivity index (χ0n) is 12.3. The van der Waals surface area contributed by atoms with Gasteiger partial charge in [0, 0.05) is 23.2 Å². The largest absolute Gasteiger partial charge is 0.292 e. The molecule has 1 atom stereocenters. The van der Waals surface area contributed by atoms with Crippen LogP contribution in [0.25, 0.3) is 4.96 Å². The molecule has 0 aromatic carbocycles. The number of likely N-dealkylation sites (tertiary alicyclic amines) is 1. The van der Waals surface area contributed by atoms with Crippen molar-refractivity contribution >= 4 is 16.3 Å². The number of nitriles is 1. The number of hydrogen-bond donors (Lipinski definition) is 0. The van der Waals surface area contributed by atoms with Gasteiger partial charge in [0.2, 0.25) is 0 Å². The number of thiazole rings is 1. The molecule has 0 spiro atoms. The van der Waals surface area contributed by atoms with Crippen molar-refractivity contribution in [2.75, 3.05) is 13.1 Å². The van der Waals surface area contributed by atoms with Crippen molar-refractivity contribution in [3.05, 3.63) is 22.5 Å².